The van der Waals surface area contributed by atoms with Crippen molar-refractivity contribution in [3.05, 3.63) is 62.5 Å². The predicted octanol–water partition coefficient (Wildman–Crippen LogP) is 5.27. The van der Waals surface area contributed by atoms with Crippen molar-refractivity contribution in [1.82, 2.24) is 24.5 Å². The van der Waals surface area contributed by atoms with Gasteiger partial charge in [0, 0.05) is 43.3 Å². The van der Waals surface area contributed by atoms with Crippen molar-refractivity contribution in [2.45, 2.75) is 38.1 Å². The van der Waals surface area contributed by atoms with Crippen molar-refractivity contribution in [2.24, 2.45) is 7.05 Å². The zero-order chi connectivity index (χ0) is 24.1. The summed E-state index contributed by atoms with van der Waals surface area (Å²) in [6.45, 7) is 2.03. The van der Waals surface area contributed by atoms with Gasteiger partial charge >= 0.3 is 6.18 Å². The highest BCUT2D eigenvalue weighted by Gasteiger charge is 2.48. The van der Waals surface area contributed by atoms with E-state index in [-0.39, 0.29) is 29.5 Å². The van der Waals surface area contributed by atoms with Crippen molar-refractivity contribution in [3.8, 4) is 0 Å². The van der Waals surface area contributed by atoms with Crippen LogP contribution in [0.3, 0.4) is 0 Å². The number of fused-ring (bicyclic) bond motifs is 1. The van der Waals surface area contributed by atoms with E-state index < -0.39 is 24.2 Å². The highest BCUT2D eigenvalue weighted by molar-refractivity contribution is 9.10. The molecule has 1 N–H and O–H groups in total. The normalized spacial score (nSPS) is 18.1. The van der Waals surface area contributed by atoms with Crippen LogP contribution in [0.1, 0.15) is 45.8 Å². The van der Waals surface area contributed by atoms with Crippen molar-refractivity contribution in [2.75, 3.05) is 12.4 Å². The molecule has 4 rings (SSSR count). The molecule has 0 spiro atoms. The molecule has 3 aromatic rings. The number of amides is 1. The molecule has 176 valence electrons. The number of rotatable bonds is 4. The molecule has 1 aromatic carbocycles. The molecule has 0 aliphatic carbocycles. The summed E-state index contributed by atoms with van der Waals surface area (Å²) in [5.74, 6) is -0.597. The van der Waals surface area contributed by atoms with E-state index in [1.165, 1.54) is 4.90 Å². The molecule has 0 unspecified atom stereocenters. The van der Waals surface area contributed by atoms with Crippen LogP contribution >= 0.6 is 27.5 Å². The number of nitrogens with one attached hydrogen (secondary N) is 1. The fraction of sp³-hybridized carbons (Fsp3) is 0.381. The monoisotopic (exact) mass is 544 g/mol. The van der Waals surface area contributed by atoms with Gasteiger partial charge in [-0.15, -0.1) is 0 Å². The third-order valence-electron chi connectivity index (χ3n) is 5.64. The van der Waals surface area contributed by atoms with Crippen LogP contribution in [0.4, 0.5) is 19.0 Å². The minimum atomic E-state index is -4.57. The molecule has 2 aromatic heterocycles. The molecule has 1 aliphatic rings. The van der Waals surface area contributed by atoms with Crippen molar-refractivity contribution >= 4 is 39.3 Å². The maximum absolute atomic E-state index is 14.0. The number of aryl methyl sites for hydroxylation is 2. The molecule has 0 saturated heterocycles. The number of benzene rings is 1. The van der Waals surface area contributed by atoms with E-state index in [1.807, 2.05) is 6.92 Å². The zero-order valence-electron chi connectivity index (χ0n) is 18.0. The summed E-state index contributed by atoms with van der Waals surface area (Å²) in [6.07, 6.45) is -3.07. The average molecular weight is 546 g/mol. The first kappa shape index (κ1) is 23.6. The van der Waals surface area contributed by atoms with E-state index in [0.717, 1.165) is 20.4 Å². The predicted molar refractivity (Wildman–Crippen MR) is 121 cm³/mol. The molecule has 0 fully saturated rings. The Hall–Kier alpha value is -2.53. The Morgan fingerprint density at radius 1 is 1.30 bits per heavy atom. The van der Waals surface area contributed by atoms with Crippen LogP contribution in [-0.4, -0.2) is 43.6 Å². The van der Waals surface area contributed by atoms with Crippen LogP contribution in [0.2, 0.25) is 5.02 Å². The number of alkyl halides is 3. The molecule has 33 heavy (non-hydrogen) atoms. The summed E-state index contributed by atoms with van der Waals surface area (Å²) < 4.78 is 45.1. The van der Waals surface area contributed by atoms with E-state index in [9.17, 15) is 18.0 Å². The van der Waals surface area contributed by atoms with Gasteiger partial charge in [0.05, 0.1) is 11.7 Å². The number of aromatic nitrogens is 4. The lowest BCUT2D eigenvalue weighted by Gasteiger charge is -2.33. The van der Waals surface area contributed by atoms with Crippen molar-refractivity contribution < 1.29 is 18.0 Å². The van der Waals surface area contributed by atoms with Crippen LogP contribution < -0.4 is 5.32 Å². The molecule has 3 heterocycles. The number of carbonyl (C=O) groups excluding carboxylic acids is 1. The Morgan fingerprint density at radius 2 is 1.97 bits per heavy atom. The van der Waals surface area contributed by atoms with Gasteiger partial charge in [-0.3, -0.25) is 9.48 Å². The van der Waals surface area contributed by atoms with Crippen LogP contribution in [-0.2, 0) is 13.6 Å². The maximum Gasteiger partial charge on any atom is 0.410 e. The standard InChI is InChI=1S/C21H21BrClF3N6O/c1-11-13(10-31(3)28-11)9-30(2)20(33)18-17(23)19-27-15(12-4-6-14(22)7-5-12)8-16(21(24,25)26)32(19)29-18/h4-7,10,15-16,27H,8-9H2,1-3H3/t15-,16-/m0/s1. The molecular weight excluding hydrogens is 525 g/mol. The Balaban J connectivity index is 1.67. The summed E-state index contributed by atoms with van der Waals surface area (Å²) in [6, 6.07) is 4.43. The Labute approximate surface area is 201 Å². The lowest BCUT2D eigenvalue weighted by Crippen LogP contribution is -2.36. The number of hydrogen-bond donors (Lipinski definition) is 1. The van der Waals surface area contributed by atoms with E-state index in [1.54, 1.807) is 49.2 Å². The number of nitrogens with zero attached hydrogens (tertiary/aromatic N) is 5. The third-order valence-corrected chi connectivity index (χ3v) is 6.53. The highest BCUT2D eigenvalue weighted by Crippen LogP contribution is 2.46. The second kappa shape index (κ2) is 8.68. The second-order valence-electron chi connectivity index (χ2n) is 8.07. The number of hydrogen-bond acceptors (Lipinski definition) is 4. The quantitative estimate of drug-likeness (QED) is 0.485. The topological polar surface area (TPSA) is 68.0 Å². The van der Waals surface area contributed by atoms with Gasteiger partial charge < -0.3 is 10.2 Å². The molecule has 0 saturated carbocycles. The molecule has 7 nitrogen and oxygen atoms in total. The lowest BCUT2D eigenvalue weighted by molar-refractivity contribution is -0.173. The van der Waals surface area contributed by atoms with Gasteiger partial charge in [0.2, 0.25) is 0 Å². The molecule has 0 bridgehead atoms. The maximum atomic E-state index is 14.0. The number of anilines is 1. The SMILES string of the molecule is Cc1nn(C)cc1CN(C)C(=O)c1nn2c(c1Cl)N[C@H](c1ccc(Br)cc1)C[C@H]2C(F)(F)F. The summed E-state index contributed by atoms with van der Waals surface area (Å²) in [7, 11) is 3.31. The van der Waals surface area contributed by atoms with E-state index in [0.29, 0.717) is 5.56 Å². The number of halogens is 5. The largest absolute Gasteiger partial charge is 0.410 e. The Kier molecular flexibility index (Phi) is 6.21. The van der Waals surface area contributed by atoms with Crippen LogP contribution in [0.25, 0.3) is 0 Å². The van der Waals surface area contributed by atoms with Gasteiger partial charge in [0.1, 0.15) is 10.8 Å². The first-order chi connectivity index (χ1) is 15.5. The molecule has 0 radical (unpaired) electrons. The molecular formula is C21H21BrClF3N6O. The van der Waals surface area contributed by atoms with Crippen LogP contribution in [0, 0.1) is 6.92 Å². The van der Waals surface area contributed by atoms with Gasteiger partial charge in [-0.05, 0) is 24.6 Å². The van der Waals surface area contributed by atoms with E-state index in [2.05, 4.69) is 31.4 Å². The smallest absolute Gasteiger partial charge is 0.362 e. The first-order valence-electron chi connectivity index (χ1n) is 10.1. The second-order valence-corrected chi connectivity index (χ2v) is 9.37. The molecule has 2 atom stereocenters. The van der Waals surface area contributed by atoms with E-state index in [4.69, 9.17) is 11.6 Å². The lowest BCUT2D eigenvalue weighted by atomic mass is 9.97. The third kappa shape index (κ3) is 4.61. The highest BCUT2D eigenvalue weighted by atomic mass is 79.9. The van der Waals surface area contributed by atoms with Crippen molar-refractivity contribution in [3.63, 3.8) is 0 Å². The van der Waals surface area contributed by atoms with Crippen molar-refractivity contribution in [1.29, 1.82) is 0 Å². The summed E-state index contributed by atoms with van der Waals surface area (Å²) in [5, 5.41) is 11.2. The van der Waals surface area contributed by atoms with Crippen LogP contribution in [0.5, 0.6) is 0 Å². The summed E-state index contributed by atoms with van der Waals surface area (Å²) in [5.41, 5.74) is 2.01. The summed E-state index contributed by atoms with van der Waals surface area (Å²) >= 11 is 9.76. The summed E-state index contributed by atoms with van der Waals surface area (Å²) in [4.78, 5) is 14.4. The molecule has 1 aliphatic heterocycles. The van der Waals surface area contributed by atoms with Gasteiger partial charge in [0.25, 0.3) is 5.91 Å². The Morgan fingerprint density at radius 3 is 2.55 bits per heavy atom. The minimum absolute atomic E-state index is 0.0209. The molecule has 1 amide bonds. The van der Waals surface area contributed by atoms with Crippen LogP contribution in [0.15, 0.2) is 34.9 Å². The van der Waals surface area contributed by atoms with Gasteiger partial charge in [-0.2, -0.15) is 23.4 Å². The molecule has 12 heteroatoms. The van der Waals surface area contributed by atoms with Gasteiger partial charge in [-0.25, -0.2) is 4.68 Å². The first-order valence-corrected chi connectivity index (χ1v) is 11.2. The number of carbonyl (C=O) groups is 1. The average Bonchev–Trinajstić information content (AvgIpc) is 3.24. The van der Waals surface area contributed by atoms with E-state index >= 15 is 0 Å². The Bertz CT molecular complexity index is 1190. The fourth-order valence-corrected chi connectivity index (χ4v) is 4.48. The van der Waals surface area contributed by atoms with Gasteiger partial charge in [0.15, 0.2) is 11.7 Å². The van der Waals surface area contributed by atoms with Gasteiger partial charge in [-0.1, -0.05) is 39.7 Å². The fourth-order valence-electron chi connectivity index (χ4n) is 3.95. The minimum Gasteiger partial charge on any atom is -0.362 e. The zero-order valence-corrected chi connectivity index (χ0v) is 20.3.